The quantitative estimate of drug-likeness (QED) is 0.368. The highest BCUT2D eigenvalue weighted by Gasteiger charge is 2.26. The molecule has 0 bridgehead atoms. The highest BCUT2D eigenvalue weighted by molar-refractivity contribution is 6.71. The Labute approximate surface area is 115 Å². The van der Waals surface area contributed by atoms with Crippen LogP contribution in [0, 0.1) is 0 Å². The lowest BCUT2D eigenvalue weighted by Crippen LogP contribution is -2.36. The van der Waals surface area contributed by atoms with E-state index in [2.05, 4.69) is 25.2 Å². The number of allylic oxidation sites excluding steroid dienone is 1. The molecule has 2 nitrogen and oxygen atoms in total. The lowest BCUT2D eigenvalue weighted by Gasteiger charge is -2.22. The van der Waals surface area contributed by atoms with Gasteiger partial charge in [0.25, 0.3) is 0 Å². The van der Waals surface area contributed by atoms with Gasteiger partial charge in [0, 0.05) is 13.2 Å². The summed E-state index contributed by atoms with van der Waals surface area (Å²) in [4.78, 5) is 0. The Bertz CT molecular complexity index is 199. The van der Waals surface area contributed by atoms with Crippen LogP contribution in [0.25, 0.3) is 0 Å². The molecule has 0 N–H and O–H groups in total. The summed E-state index contributed by atoms with van der Waals surface area (Å²) in [6.45, 7) is 9.93. The molecule has 0 aliphatic heterocycles. The molecule has 0 aromatic carbocycles. The first-order valence-corrected chi connectivity index (χ1v) is 10.0. The van der Waals surface area contributed by atoms with Crippen LogP contribution in [0.3, 0.4) is 0 Å². The molecule has 0 rings (SSSR count). The number of rotatable bonds is 12. The minimum atomic E-state index is -2.01. The van der Waals surface area contributed by atoms with E-state index in [9.17, 15) is 0 Å². The first-order valence-electron chi connectivity index (χ1n) is 7.64. The summed E-state index contributed by atoms with van der Waals surface area (Å²) < 4.78 is 11.5. The number of hydrogen-bond acceptors (Lipinski definition) is 2. The Morgan fingerprint density at radius 1 is 0.833 bits per heavy atom. The van der Waals surface area contributed by atoms with Crippen molar-refractivity contribution in [2.75, 3.05) is 13.2 Å². The summed E-state index contributed by atoms with van der Waals surface area (Å²) in [6, 6.07) is 0. The molecule has 0 aliphatic carbocycles. The molecule has 0 spiro atoms. The monoisotopic (exact) mass is 272 g/mol. The van der Waals surface area contributed by atoms with E-state index in [1.807, 2.05) is 13.8 Å². The summed E-state index contributed by atoms with van der Waals surface area (Å²) in [6.07, 6.45) is 11.6. The van der Waals surface area contributed by atoms with Crippen molar-refractivity contribution >= 4 is 8.56 Å². The zero-order valence-electron chi connectivity index (χ0n) is 12.8. The van der Waals surface area contributed by atoms with E-state index in [1.54, 1.807) is 0 Å². The lowest BCUT2D eigenvalue weighted by atomic mass is 10.1. The van der Waals surface area contributed by atoms with E-state index in [1.165, 1.54) is 38.5 Å². The van der Waals surface area contributed by atoms with Gasteiger partial charge in [-0.15, -0.1) is 0 Å². The van der Waals surface area contributed by atoms with E-state index in [0.29, 0.717) is 0 Å². The normalized spacial score (nSPS) is 12.4. The standard InChI is InChI=1S/C15H32O2Si/c1-5-8-9-10-11-12-13-14-15-18(4,16-6-2)17-7-3/h14-15H,5-13H2,1-4H3. The van der Waals surface area contributed by atoms with E-state index in [4.69, 9.17) is 8.85 Å². The summed E-state index contributed by atoms with van der Waals surface area (Å²) in [5, 5.41) is 0. The summed E-state index contributed by atoms with van der Waals surface area (Å²) >= 11 is 0. The van der Waals surface area contributed by atoms with Gasteiger partial charge in [0.2, 0.25) is 0 Å². The minimum Gasteiger partial charge on any atom is -0.392 e. The largest absolute Gasteiger partial charge is 0.392 e. The number of hydrogen-bond donors (Lipinski definition) is 0. The van der Waals surface area contributed by atoms with Crippen molar-refractivity contribution in [2.45, 2.75) is 72.3 Å². The molecular formula is C15H32O2Si. The van der Waals surface area contributed by atoms with Crippen LogP contribution in [-0.4, -0.2) is 21.8 Å². The zero-order valence-corrected chi connectivity index (χ0v) is 13.8. The Balaban J connectivity index is 3.70. The van der Waals surface area contributed by atoms with Crippen molar-refractivity contribution in [3.05, 3.63) is 11.8 Å². The van der Waals surface area contributed by atoms with Gasteiger partial charge in [-0.2, -0.15) is 0 Å². The van der Waals surface area contributed by atoms with Gasteiger partial charge in [0.05, 0.1) is 0 Å². The fourth-order valence-corrected chi connectivity index (χ4v) is 4.07. The molecule has 0 saturated heterocycles. The van der Waals surface area contributed by atoms with Crippen LogP contribution < -0.4 is 0 Å². The third kappa shape index (κ3) is 9.86. The molecule has 108 valence electrons. The van der Waals surface area contributed by atoms with Gasteiger partial charge in [-0.25, -0.2) is 0 Å². The van der Waals surface area contributed by atoms with Crippen molar-refractivity contribution in [1.29, 1.82) is 0 Å². The maximum Gasteiger partial charge on any atom is 0.361 e. The van der Waals surface area contributed by atoms with Crippen molar-refractivity contribution in [2.24, 2.45) is 0 Å². The van der Waals surface area contributed by atoms with E-state index >= 15 is 0 Å². The zero-order chi connectivity index (χ0) is 13.7. The molecule has 3 heteroatoms. The summed E-state index contributed by atoms with van der Waals surface area (Å²) in [5.41, 5.74) is 2.20. The molecule has 0 radical (unpaired) electrons. The van der Waals surface area contributed by atoms with Gasteiger partial charge in [-0.3, -0.25) is 0 Å². The van der Waals surface area contributed by atoms with E-state index in [-0.39, 0.29) is 0 Å². The predicted molar refractivity (Wildman–Crippen MR) is 82.0 cm³/mol. The molecule has 0 fully saturated rings. The third-order valence-corrected chi connectivity index (χ3v) is 5.57. The fourth-order valence-electron chi connectivity index (χ4n) is 2.05. The second-order valence-corrected chi connectivity index (χ2v) is 7.78. The predicted octanol–water partition coefficient (Wildman–Crippen LogP) is 4.98. The summed E-state index contributed by atoms with van der Waals surface area (Å²) in [5.74, 6) is 0. The Hall–Kier alpha value is -0.123. The smallest absolute Gasteiger partial charge is 0.361 e. The highest BCUT2D eigenvalue weighted by atomic mass is 28.4. The molecule has 0 saturated carbocycles. The van der Waals surface area contributed by atoms with Crippen LogP contribution in [0.1, 0.15) is 65.7 Å². The topological polar surface area (TPSA) is 18.5 Å². The molecule has 0 aromatic rings. The molecule has 0 amide bonds. The fraction of sp³-hybridized carbons (Fsp3) is 0.867. The average molecular weight is 273 g/mol. The first-order chi connectivity index (χ1) is 8.68. The molecule has 0 aromatic heterocycles. The Kier molecular flexibility index (Phi) is 11.9. The second kappa shape index (κ2) is 11.9. The van der Waals surface area contributed by atoms with E-state index < -0.39 is 8.56 Å². The molecular weight excluding hydrogens is 240 g/mol. The van der Waals surface area contributed by atoms with Crippen LogP contribution >= 0.6 is 0 Å². The minimum absolute atomic E-state index is 0.740. The molecule has 18 heavy (non-hydrogen) atoms. The van der Waals surface area contributed by atoms with Crippen LogP contribution in [-0.2, 0) is 8.85 Å². The lowest BCUT2D eigenvalue weighted by molar-refractivity contribution is 0.201. The Morgan fingerprint density at radius 2 is 1.39 bits per heavy atom. The van der Waals surface area contributed by atoms with Crippen molar-refractivity contribution in [1.82, 2.24) is 0 Å². The van der Waals surface area contributed by atoms with Gasteiger partial charge in [-0.05, 0) is 38.9 Å². The van der Waals surface area contributed by atoms with Gasteiger partial charge < -0.3 is 8.85 Å². The third-order valence-electron chi connectivity index (χ3n) is 3.01. The van der Waals surface area contributed by atoms with Crippen molar-refractivity contribution in [3.63, 3.8) is 0 Å². The van der Waals surface area contributed by atoms with Crippen LogP contribution in [0.4, 0.5) is 0 Å². The van der Waals surface area contributed by atoms with Crippen molar-refractivity contribution in [3.8, 4) is 0 Å². The molecule has 0 atom stereocenters. The maximum absolute atomic E-state index is 5.76. The SMILES string of the molecule is CCCCCCCCC=C[Si](C)(OCC)OCC. The molecule has 0 aliphatic rings. The second-order valence-electron chi connectivity index (χ2n) is 4.84. The summed E-state index contributed by atoms with van der Waals surface area (Å²) in [7, 11) is -2.01. The molecule has 0 unspecified atom stereocenters. The average Bonchev–Trinajstić information content (AvgIpc) is 2.33. The first kappa shape index (κ1) is 17.9. The molecule has 0 heterocycles. The van der Waals surface area contributed by atoms with Gasteiger partial charge in [-0.1, -0.05) is 45.1 Å². The van der Waals surface area contributed by atoms with Crippen LogP contribution in [0.2, 0.25) is 6.55 Å². The van der Waals surface area contributed by atoms with Gasteiger partial charge >= 0.3 is 8.56 Å². The number of unbranched alkanes of at least 4 members (excludes halogenated alkanes) is 6. The van der Waals surface area contributed by atoms with Crippen molar-refractivity contribution < 1.29 is 8.85 Å². The van der Waals surface area contributed by atoms with E-state index in [0.717, 1.165) is 19.6 Å². The van der Waals surface area contributed by atoms with Gasteiger partial charge in [0.15, 0.2) is 0 Å². The van der Waals surface area contributed by atoms with Crippen LogP contribution in [0.15, 0.2) is 11.8 Å². The van der Waals surface area contributed by atoms with Crippen LogP contribution in [0.5, 0.6) is 0 Å². The Morgan fingerprint density at radius 3 is 1.94 bits per heavy atom. The van der Waals surface area contributed by atoms with Gasteiger partial charge in [0.1, 0.15) is 0 Å². The highest BCUT2D eigenvalue weighted by Crippen LogP contribution is 2.11. The maximum atomic E-state index is 5.76.